The number of anilines is 1. The summed E-state index contributed by atoms with van der Waals surface area (Å²) in [5.41, 5.74) is 5.91. The zero-order valence-electron chi connectivity index (χ0n) is 12.4. The molecule has 0 atom stereocenters. The summed E-state index contributed by atoms with van der Waals surface area (Å²) in [5.74, 6) is -0.231. The number of hydrogen-bond acceptors (Lipinski definition) is 3. The monoisotopic (exact) mass is 403 g/mol. The second-order valence-electron chi connectivity index (χ2n) is 5.20. The number of thiophene rings is 1. The van der Waals surface area contributed by atoms with E-state index in [2.05, 4.69) is 0 Å². The van der Waals surface area contributed by atoms with Gasteiger partial charge in [-0.05, 0) is 23.8 Å². The number of alkyl halides is 3. The first-order valence-electron chi connectivity index (χ1n) is 6.93. The molecule has 8 heteroatoms. The van der Waals surface area contributed by atoms with Crippen LogP contribution < -0.4 is 5.73 Å². The average molecular weight is 404 g/mol. The van der Waals surface area contributed by atoms with Crippen LogP contribution in [0, 0.1) is 0 Å². The van der Waals surface area contributed by atoms with Crippen molar-refractivity contribution in [1.29, 1.82) is 0 Å². The summed E-state index contributed by atoms with van der Waals surface area (Å²) >= 11 is 13.2. The Balaban J connectivity index is 2.18. The van der Waals surface area contributed by atoms with Gasteiger partial charge in [0, 0.05) is 5.56 Å². The van der Waals surface area contributed by atoms with Gasteiger partial charge in [-0.1, -0.05) is 47.5 Å². The quantitative estimate of drug-likeness (QED) is 0.500. The van der Waals surface area contributed by atoms with Crippen LogP contribution >= 0.6 is 34.5 Å². The maximum atomic E-state index is 12.9. The van der Waals surface area contributed by atoms with E-state index in [0.717, 1.165) is 23.5 Å². The van der Waals surface area contributed by atoms with Crippen LogP contribution in [0.2, 0.25) is 10.0 Å². The predicted octanol–water partition coefficient (Wildman–Crippen LogP) is 6.70. The summed E-state index contributed by atoms with van der Waals surface area (Å²) < 4.78 is 38.8. The van der Waals surface area contributed by atoms with Crippen LogP contribution in [-0.4, -0.2) is 5.11 Å². The van der Waals surface area contributed by atoms with Gasteiger partial charge in [0.2, 0.25) is 0 Å². The summed E-state index contributed by atoms with van der Waals surface area (Å²) in [6, 6.07) is 9.52. The van der Waals surface area contributed by atoms with Crippen molar-refractivity contribution >= 4 is 39.5 Å². The molecule has 0 aliphatic rings. The van der Waals surface area contributed by atoms with Crippen molar-refractivity contribution in [1.82, 2.24) is 0 Å². The molecule has 2 nitrogen and oxygen atoms in total. The number of hydrogen-bond donors (Lipinski definition) is 2. The Labute approximate surface area is 155 Å². The summed E-state index contributed by atoms with van der Waals surface area (Å²) in [4.78, 5) is 0.345. The third-order valence-corrected chi connectivity index (χ3v) is 5.45. The van der Waals surface area contributed by atoms with Crippen molar-refractivity contribution in [3.8, 4) is 27.3 Å². The van der Waals surface area contributed by atoms with Crippen LogP contribution in [-0.2, 0) is 6.18 Å². The Kier molecular flexibility index (Phi) is 4.62. The van der Waals surface area contributed by atoms with Gasteiger partial charge in [0.1, 0.15) is 5.75 Å². The molecule has 130 valence electrons. The Morgan fingerprint density at radius 3 is 2.40 bits per heavy atom. The summed E-state index contributed by atoms with van der Waals surface area (Å²) in [6.45, 7) is 0. The zero-order chi connectivity index (χ0) is 18.4. The highest BCUT2D eigenvalue weighted by atomic mass is 35.5. The summed E-state index contributed by atoms with van der Waals surface area (Å²) in [6.07, 6.45) is -4.49. The third kappa shape index (κ3) is 3.29. The van der Waals surface area contributed by atoms with E-state index in [9.17, 15) is 18.3 Å². The molecule has 0 aliphatic heterocycles. The zero-order valence-corrected chi connectivity index (χ0v) is 14.7. The molecule has 1 aromatic heterocycles. The molecule has 25 heavy (non-hydrogen) atoms. The fraction of sp³-hybridized carbons (Fsp3) is 0.0588. The Morgan fingerprint density at radius 1 is 1.04 bits per heavy atom. The van der Waals surface area contributed by atoms with Crippen LogP contribution in [0.4, 0.5) is 18.2 Å². The fourth-order valence-corrected chi connectivity index (χ4v) is 3.90. The Bertz CT molecular complexity index is 954. The van der Waals surface area contributed by atoms with E-state index >= 15 is 0 Å². The minimum Gasteiger partial charge on any atom is -0.506 e. The van der Waals surface area contributed by atoms with E-state index in [-0.39, 0.29) is 26.9 Å². The highest BCUT2D eigenvalue weighted by Gasteiger charge is 2.31. The molecule has 3 rings (SSSR count). The van der Waals surface area contributed by atoms with E-state index in [1.807, 2.05) is 0 Å². The highest BCUT2D eigenvalue weighted by molar-refractivity contribution is 7.20. The summed E-state index contributed by atoms with van der Waals surface area (Å²) in [7, 11) is 0. The van der Waals surface area contributed by atoms with Crippen molar-refractivity contribution in [3.05, 3.63) is 58.1 Å². The van der Waals surface area contributed by atoms with Crippen LogP contribution in [0.25, 0.3) is 21.6 Å². The van der Waals surface area contributed by atoms with Gasteiger partial charge >= 0.3 is 6.18 Å². The highest BCUT2D eigenvalue weighted by Crippen LogP contribution is 2.51. The molecule has 2 aromatic carbocycles. The van der Waals surface area contributed by atoms with Crippen molar-refractivity contribution in [2.24, 2.45) is 0 Å². The third-order valence-electron chi connectivity index (χ3n) is 3.59. The molecule has 0 fully saturated rings. The predicted molar refractivity (Wildman–Crippen MR) is 96.3 cm³/mol. The van der Waals surface area contributed by atoms with E-state index in [1.54, 1.807) is 18.2 Å². The van der Waals surface area contributed by atoms with E-state index < -0.39 is 11.7 Å². The van der Waals surface area contributed by atoms with Gasteiger partial charge in [0.25, 0.3) is 0 Å². The molecule has 0 amide bonds. The average Bonchev–Trinajstić information content (AvgIpc) is 2.84. The van der Waals surface area contributed by atoms with Gasteiger partial charge < -0.3 is 10.8 Å². The normalized spacial score (nSPS) is 11.7. The van der Waals surface area contributed by atoms with Gasteiger partial charge in [0.05, 0.1) is 31.1 Å². The van der Waals surface area contributed by atoms with Crippen LogP contribution in [0.15, 0.2) is 42.5 Å². The van der Waals surface area contributed by atoms with Gasteiger partial charge in [-0.3, -0.25) is 0 Å². The second kappa shape index (κ2) is 6.44. The molecule has 0 aliphatic carbocycles. The van der Waals surface area contributed by atoms with Crippen LogP contribution in [0.1, 0.15) is 5.56 Å². The number of nitrogens with two attached hydrogens (primary N) is 1. The van der Waals surface area contributed by atoms with Gasteiger partial charge in [-0.25, -0.2) is 0 Å². The molecular weight excluding hydrogens is 394 g/mol. The lowest BCUT2D eigenvalue weighted by Gasteiger charge is -2.09. The molecule has 1 heterocycles. The largest absolute Gasteiger partial charge is 0.506 e. The number of nitrogen functional groups attached to an aromatic ring is 1. The SMILES string of the molecule is Nc1sc(-c2cccc(Cl)c2Cl)c(O)c1-c1cccc(C(F)(F)F)c1. The number of rotatable bonds is 2. The molecule has 0 saturated carbocycles. The molecule has 0 saturated heterocycles. The topological polar surface area (TPSA) is 46.2 Å². The van der Waals surface area contributed by atoms with E-state index in [4.69, 9.17) is 28.9 Å². The summed E-state index contributed by atoms with van der Waals surface area (Å²) in [5, 5.41) is 11.3. The van der Waals surface area contributed by atoms with E-state index in [0.29, 0.717) is 15.5 Å². The van der Waals surface area contributed by atoms with Gasteiger partial charge in [0.15, 0.2) is 0 Å². The standard InChI is InChI=1S/C17H10Cl2F3NOS/c18-11-6-2-5-10(13(11)19)15-14(24)12(16(23)25-15)8-3-1-4-9(7-8)17(20,21)22/h1-7,24H,23H2. The van der Waals surface area contributed by atoms with Crippen molar-refractivity contribution in [3.63, 3.8) is 0 Å². The number of aromatic hydroxyl groups is 1. The lowest BCUT2D eigenvalue weighted by Crippen LogP contribution is -2.04. The molecule has 0 spiro atoms. The number of halogens is 5. The molecule has 0 bridgehead atoms. The lowest BCUT2D eigenvalue weighted by molar-refractivity contribution is -0.137. The molecule has 3 N–H and O–H groups in total. The second-order valence-corrected chi connectivity index (χ2v) is 7.04. The van der Waals surface area contributed by atoms with Crippen molar-refractivity contribution < 1.29 is 18.3 Å². The first-order valence-corrected chi connectivity index (χ1v) is 8.50. The molecule has 0 radical (unpaired) electrons. The maximum Gasteiger partial charge on any atom is 0.416 e. The lowest BCUT2D eigenvalue weighted by atomic mass is 10.0. The van der Waals surface area contributed by atoms with Gasteiger partial charge in [-0.15, -0.1) is 11.3 Å². The smallest absolute Gasteiger partial charge is 0.416 e. The van der Waals surface area contributed by atoms with Crippen LogP contribution in [0.5, 0.6) is 5.75 Å². The fourth-order valence-electron chi connectivity index (χ4n) is 2.43. The van der Waals surface area contributed by atoms with Crippen molar-refractivity contribution in [2.75, 3.05) is 5.73 Å². The first kappa shape index (κ1) is 17.9. The van der Waals surface area contributed by atoms with Crippen LogP contribution in [0.3, 0.4) is 0 Å². The first-order chi connectivity index (χ1) is 11.7. The van der Waals surface area contributed by atoms with Gasteiger partial charge in [-0.2, -0.15) is 13.2 Å². The van der Waals surface area contributed by atoms with Crippen molar-refractivity contribution in [2.45, 2.75) is 6.18 Å². The number of benzene rings is 2. The van der Waals surface area contributed by atoms with E-state index in [1.165, 1.54) is 12.1 Å². The minimum atomic E-state index is -4.49. The molecule has 3 aromatic rings. The molecular formula is C17H10Cl2F3NOS. The minimum absolute atomic E-state index is 0.141. The Hall–Kier alpha value is -1.89. The Morgan fingerprint density at radius 2 is 1.72 bits per heavy atom. The molecule has 0 unspecified atom stereocenters. The maximum absolute atomic E-state index is 12.9.